The Kier molecular flexibility index (Phi) is 7.21. The van der Waals surface area contributed by atoms with Gasteiger partial charge in [-0.05, 0) is 61.4 Å². The Morgan fingerprint density at radius 1 is 1.04 bits per heavy atom. The Morgan fingerprint density at radius 2 is 1.65 bits per heavy atom. The maximum Gasteiger partial charge on any atom is 0.251 e. The van der Waals surface area contributed by atoms with Gasteiger partial charge in [-0.3, -0.25) is 9.59 Å². The van der Waals surface area contributed by atoms with E-state index in [9.17, 15) is 9.59 Å². The molecule has 1 unspecified atom stereocenters. The highest BCUT2D eigenvalue weighted by Crippen LogP contribution is 2.16. The summed E-state index contributed by atoms with van der Waals surface area (Å²) in [6.07, 6.45) is 0. The smallest absolute Gasteiger partial charge is 0.251 e. The van der Waals surface area contributed by atoms with Crippen molar-refractivity contribution < 1.29 is 14.3 Å². The molecule has 2 rings (SSSR count). The predicted octanol–water partition coefficient (Wildman–Crippen LogP) is 4.24. The van der Waals surface area contributed by atoms with E-state index in [1.807, 2.05) is 32.9 Å². The lowest BCUT2D eigenvalue weighted by atomic mass is 10.0. The Bertz CT molecular complexity index is 743. The molecule has 5 nitrogen and oxygen atoms in total. The molecule has 0 spiro atoms. The number of amides is 2. The first kappa shape index (κ1) is 20.0. The molecule has 0 bridgehead atoms. The lowest BCUT2D eigenvalue weighted by Gasteiger charge is -2.22. The summed E-state index contributed by atoms with van der Waals surface area (Å²) in [4.78, 5) is 25.1. The number of rotatable bonds is 7. The van der Waals surface area contributed by atoms with Crippen molar-refractivity contribution in [2.45, 2.75) is 26.8 Å². The molecule has 138 valence electrons. The average Bonchev–Trinajstić information content (AvgIpc) is 2.62. The first-order valence-electron chi connectivity index (χ1n) is 8.51. The maximum atomic E-state index is 12.6. The first-order valence-corrected chi connectivity index (χ1v) is 9.30. The Morgan fingerprint density at radius 3 is 2.19 bits per heavy atom. The molecule has 0 aliphatic rings. The van der Waals surface area contributed by atoms with Crippen LogP contribution in [0.2, 0.25) is 0 Å². The summed E-state index contributed by atoms with van der Waals surface area (Å²) in [6.45, 7) is 6.25. The van der Waals surface area contributed by atoms with Crippen molar-refractivity contribution in [2.24, 2.45) is 5.92 Å². The van der Waals surface area contributed by atoms with E-state index in [2.05, 4.69) is 26.6 Å². The molecule has 2 N–H and O–H groups in total. The number of benzene rings is 2. The van der Waals surface area contributed by atoms with Gasteiger partial charge in [-0.15, -0.1) is 0 Å². The van der Waals surface area contributed by atoms with Gasteiger partial charge in [0.2, 0.25) is 5.91 Å². The van der Waals surface area contributed by atoms with E-state index in [0.29, 0.717) is 23.6 Å². The number of hydrogen-bond donors (Lipinski definition) is 2. The van der Waals surface area contributed by atoms with Crippen LogP contribution in [0.25, 0.3) is 0 Å². The van der Waals surface area contributed by atoms with Crippen LogP contribution in [0.5, 0.6) is 5.75 Å². The van der Waals surface area contributed by atoms with Crippen LogP contribution in [0.1, 0.15) is 31.1 Å². The Balaban J connectivity index is 2.05. The van der Waals surface area contributed by atoms with E-state index in [1.165, 1.54) is 0 Å². The number of hydrogen-bond acceptors (Lipinski definition) is 3. The molecule has 0 radical (unpaired) electrons. The van der Waals surface area contributed by atoms with Gasteiger partial charge >= 0.3 is 0 Å². The van der Waals surface area contributed by atoms with Crippen LogP contribution in [0.15, 0.2) is 53.0 Å². The van der Waals surface area contributed by atoms with Crippen LogP contribution in [-0.2, 0) is 4.79 Å². The fraction of sp³-hybridized carbons (Fsp3) is 0.300. The van der Waals surface area contributed by atoms with Gasteiger partial charge in [0.15, 0.2) is 0 Å². The molecule has 0 heterocycles. The molecule has 2 aromatic rings. The summed E-state index contributed by atoms with van der Waals surface area (Å²) < 4.78 is 6.30. The molecule has 0 aromatic heterocycles. The monoisotopic (exact) mass is 418 g/mol. The molecule has 26 heavy (non-hydrogen) atoms. The van der Waals surface area contributed by atoms with E-state index in [-0.39, 0.29) is 17.7 Å². The summed E-state index contributed by atoms with van der Waals surface area (Å²) in [7, 11) is 0. The number of halogens is 1. The summed E-state index contributed by atoms with van der Waals surface area (Å²) in [5.41, 5.74) is 1.16. The molecule has 0 aliphatic heterocycles. The van der Waals surface area contributed by atoms with E-state index in [4.69, 9.17) is 4.74 Å². The molecule has 0 saturated heterocycles. The van der Waals surface area contributed by atoms with Crippen LogP contribution in [0, 0.1) is 5.92 Å². The van der Waals surface area contributed by atoms with E-state index < -0.39 is 6.04 Å². The van der Waals surface area contributed by atoms with Crippen molar-refractivity contribution in [1.29, 1.82) is 0 Å². The summed E-state index contributed by atoms with van der Waals surface area (Å²) >= 11 is 3.36. The SMILES string of the molecule is CCOc1ccc(C(=O)NC(C(=O)Nc2ccc(Br)cc2)C(C)C)cc1. The van der Waals surface area contributed by atoms with E-state index in [1.54, 1.807) is 36.4 Å². The van der Waals surface area contributed by atoms with E-state index >= 15 is 0 Å². The van der Waals surface area contributed by atoms with E-state index in [0.717, 1.165) is 4.47 Å². The van der Waals surface area contributed by atoms with Crippen molar-refractivity contribution >= 4 is 33.4 Å². The minimum atomic E-state index is -0.641. The number of anilines is 1. The molecule has 0 saturated carbocycles. The van der Waals surface area contributed by atoms with Gasteiger partial charge < -0.3 is 15.4 Å². The van der Waals surface area contributed by atoms with Crippen molar-refractivity contribution in [1.82, 2.24) is 5.32 Å². The van der Waals surface area contributed by atoms with Gasteiger partial charge in [0.05, 0.1) is 6.61 Å². The molecule has 1 atom stereocenters. The highest BCUT2D eigenvalue weighted by atomic mass is 79.9. The van der Waals surface area contributed by atoms with Gasteiger partial charge in [0.1, 0.15) is 11.8 Å². The van der Waals surface area contributed by atoms with Crippen LogP contribution in [0.3, 0.4) is 0 Å². The Hall–Kier alpha value is -2.34. The van der Waals surface area contributed by atoms with Gasteiger partial charge in [-0.1, -0.05) is 29.8 Å². The zero-order valence-electron chi connectivity index (χ0n) is 15.1. The van der Waals surface area contributed by atoms with Crippen molar-refractivity contribution in [2.75, 3.05) is 11.9 Å². The standard InChI is InChI=1S/C20H23BrN2O3/c1-4-26-17-11-5-14(6-12-17)19(24)23-18(13(2)3)20(25)22-16-9-7-15(21)8-10-16/h5-13,18H,4H2,1-3H3,(H,22,25)(H,23,24). The van der Waals surface area contributed by atoms with Gasteiger partial charge in [-0.25, -0.2) is 0 Å². The summed E-state index contributed by atoms with van der Waals surface area (Å²) in [6, 6.07) is 13.5. The van der Waals surface area contributed by atoms with Crippen molar-refractivity contribution in [3.05, 3.63) is 58.6 Å². The van der Waals surface area contributed by atoms with Crippen molar-refractivity contribution in [3.8, 4) is 5.75 Å². The molecule has 2 amide bonds. The van der Waals surface area contributed by atoms with Crippen LogP contribution in [0.4, 0.5) is 5.69 Å². The maximum absolute atomic E-state index is 12.6. The van der Waals surface area contributed by atoms with Crippen LogP contribution in [-0.4, -0.2) is 24.5 Å². The lowest BCUT2D eigenvalue weighted by molar-refractivity contribution is -0.118. The summed E-state index contributed by atoms with van der Waals surface area (Å²) in [5, 5.41) is 5.65. The second-order valence-corrected chi connectivity index (χ2v) is 7.06. The number of nitrogens with one attached hydrogen (secondary N) is 2. The largest absolute Gasteiger partial charge is 0.494 e. The zero-order valence-corrected chi connectivity index (χ0v) is 16.7. The number of carbonyl (C=O) groups excluding carboxylic acids is 2. The quantitative estimate of drug-likeness (QED) is 0.706. The molecule has 2 aromatic carbocycles. The highest BCUT2D eigenvalue weighted by Gasteiger charge is 2.24. The molecule has 0 fully saturated rings. The normalized spacial score (nSPS) is 11.7. The minimum absolute atomic E-state index is 0.0582. The minimum Gasteiger partial charge on any atom is -0.494 e. The fourth-order valence-electron chi connectivity index (χ4n) is 2.38. The fourth-order valence-corrected chi connectivity index (χ4v) is 2.65. The van der Waals surface area contributed by atoms with Crippen molar-refractivity contribution in [3.63, 3.8) is 0 Å². The molecular formula is C20H23BrN2O3. The Labute approximate surface area is 162 Å². The zero-order chi connectivity index (χ0) is 19.1. The molecule has 6 heteroatoms. The predicted molar refractivity (Wildman–Crippen MR) is 106 cm³/mol. The van der Waals surface area contributed by atoms with Crippen LogP contribution >= 0.6 is 15.9 Å². The first-order chi connectivity index (χ1) is 12.4. The second kappa shape index (κ2) is 9.38. The molecule has 0 aliphatic carbocycles. The third kappa shape index (κ3) is 5.59. The second-order valence-electron chi connectivity index (χ2n) is 6.15. The van der Waals surface area contributed by atoms with Gasteiger partial charge in [0, 0.05) is 15.7 Å². The lowest BCUT2D eigenvalue weighted by Crippen LogP contribution is -2.47. The third-order valence-electron chi connectivity index (χ3n) is 3.78. The topological polar surface area (TPSA) is 67.4 Å². The van der Waals surface area contributed by atoms with Gasteiger partial charge in [0.25, 0.3) is 5.91 Å². The number of carbonyl (C=O) groups is 2. The average molecular weight is 419 g/mol. The molecular weight excluding hydrogens is 396 g/mol. The van der Waals surface area contributed by atoms with Gasteiger partial charge in [-0.2, -0.15) is 0 Å². The van der Waals surface area contributed by atoms with Crippen LogP contribution < -0.4 is 15.4 Å². The third-order valence-corrected chi connectivity index (χ3v) is 4.30. The summed E-state index contributed by atoms with van der Waals surface area (Å²) in [5.74, 6) is 0.105. The highest BCUT2D eigenvalue weighted by molar-refractivity contribution is 9.10. The number of ether oxygens (including phenoxy) is 1.